The van der Waals surface area contributed by atoms with Gasteiger partial charge in [0.2, 0.25) is 0 Å². The number of fused-ring (bicyclic) bond motifs is 1. The van der Waals surface area contributed by atoms with Crippen LogP contribution in [-0.4, -0.2) is 30.3 Å². The molecular weight excluding hydrogens is 334 g/mol. The first-order chi connectivity index (χ1) is 12.3. The highest BCUT2D eigenvalue weighted by molar-refractivity contribution is 7.10. The Kier molecular flexibility index (Phi) is 5.29. The standard InChI is InChI=1S/C19H25N3O2S/c1-23-11-19-21-16(13-6-7-24-10-13)8-18(22-19)20-9-14-12-25-17-5-3-2-4-15(14)17/h8,12-13H,2-7,9-11H2,1H3,(H,20,21,22)/t13-/m1/s1. The number of hydrogen-bond acceptors (Lipinski definition) is 6. The first-order valence-corrected chi connectivity index (χ1v) is 9.98. The van der Waals surface area contributed by atoms with Gasteiger partial charge < -0.3 is 14.8 Å². The van der Waals surface area contributed by atoms with E-state index in [2.05, 4.69) is 26.7 Å². The Balaban J connectivity index is 1.51. The molecule has 5 nitrogen and oxygen atoms in total. The molecule has 6 heteroatoms. The summed E-state index contributed by atoms with van der Waals surface area (Å²) in [6.45, 7) is 2.83. The quantitative estimate of drug-likeness (QED) is 0.853. The van der Waals surface area contributed by atoms with E-state index in [0.29, 0.717) is 12.5 Å². The number of aryl methyl sites for hydroxylation is 1. The van der Waals surface area contributed by atoms with Crippen molar-refractivity contribution in [1.82, 2.24) is 9.97 Å². The summed E-state index contributed by atoms with van der Waals surface area (Å²) in [7, 11) is 1.68. The van der Waals surface area contributed by atoms with Gasteiger partial charge in [-0.3, -0.25) is 0 Å². The number of rotatable bonds is 6. The molecule has 0 amide bonds. The van der Waals surface area contributed by atoms with Gasteiger partial charge >= 0.3 is 0 Å². The Morgan fingerprint density at radius 2 is 2.24 bits per heavy atom. The number of anilines is 1. The van der Waals surface area contributed by atoms with Crippen LogP contribution in [0.2, 0.25) is 0 Å². The monoisotopic (exact) mass is 359 g/mol. The van der Waals surface area contributed by atoms with E-state index in [0.717, 1.165) is 43.5 Å². The fourth-order valence-electron chi connectivity index (χ4n) is 3.67. The van der Waals surface area contributed by atoms with Crippen molar-refractivity contribution in [2.45, 2.75) is 51.2 Å². The second-order valence-electron chi connectivity index (χ2n) is 6.81. The summed E-state index contributed by atoms with van der Waals surface area (Å²) in [4.78, 5) is 10.9. The van der Waals surface area contributed by atoms with Gasteiger partial charge in [0.15, 0.2) is 5.82 Å². The van der Waals surface area contributed by atoms with Crippen LogP contribution in [0.25, 0.3) is 0 Å². The van der Waals surface area contributed by atoms with Gasteiger partial charge in [0.1, 0.15) is 12.4 Å². The number of aromatic nitrogens is 2. The highest BCUT2D eigenvalue weighted by Gasteiger charge is 2.21. The largest absolute Gasteiger partial charge is 0.381 e. The normalized spacial score (nSPS) is 19.8. The summed E-state index contributed by atoms with van der Waals surface area (Å²) in [6, 6.07) is 2.08. The Labute approximate surface area is 152 Å². The van der Waals surface area contributed by atoms with Crippen LogP contribution in [0.1, 0.15) is 52.7 Å². The molecule has 2 aromatic rings. The fraction of sp³-hybridized carbons (Fsp3) is 0.579. The van der Waals surface area contributed by atoms with Crippen molar-refractivity contribution in [3.63, 3.8) is 0 Å². The molecule has 0 saturated carbocycles. The van der Waals surface area contributed by atoms with Crippen molar-refractivity contribution in [3.05, 3.63) is 39.0 Å². The third kappa shape index (κ3) is 3.86. The van der Waals surface area contributed by atoms with Crippen molar-refractivity contribution < 1.29 is 9.47 Å². The molecule has 4 rings (SSSR count). The van der Waals surface area contributed by atoms with Gasteiger partial charge in [-0.1, -0.05) is 0 Å². The zero-order valence-electron chi connectivity index (χ0n) is 14.7. The van der Waals surface area contributed by atoms with E-state index >= 15 is 0 Å². The van der Waals surface area contributed by atoms with Gasteiger partial charge in [0.25, 0.3) is 0 Å². The van der Waals surface area contributed by atoms with Crippen LogP contribution in [-0.2, 0) is 35.5 Å². The average Bonchev–Trinajstić information content (AvgIpc) is 3.30. The molecule has 1 aliphatic heterocycles. The lowest BCUT2D eigenvalue weighted by molar-refractivity contribution is 0.177. The van der Waals surface area contributed by atoms with Crippen molar-refractivity contribution in [2.24, 2.45) is 0 Å². The Bertz CT molecular complexity index is 725. The SMILES string of the molecule is COCc1nc(NCc2csc3c2CCCC3)cc([C@@H]2CCOC2)n1. The molecule has 0 bridgehead atoms. The molecule has 2 aromatic heterocycles. The lowest BCUT2D eigenvalue weighted by atomic mass is 9.96. The maximum absolute atomic E-state index is 5.52. The minimum absolute atomic E-state index is 0.369. The third-order valence-corrected chi connectivity index (χ3v) is 6.16. The van der Waals surface area contributed by atoms with Crippen molar-refractivity contribution >= 4 is 17.2 Å². The zero-order valence-corrected chi connectivity index (χ0v) is 15.5. The maximum Gasteiger partial charge on any atom is 0.156 e. The number of ether oxygens (including phenoxy) is 2. The second-order valence-corrected chi connectivity index (χ2v) is 7.78. The lowest BCUT2D eigenvalue weighted by Gasteiger charge is -2.15. The summed E-state index contributed by atoms with van der Waals surface area (Å²) in [5, 5.41) is 5.83. The molecule has 0 radical (unpaired) electrons. The van der Waals surface area contributed by atoms with Crippen LogP contribution >= 0.6 is 11.3 Å². The van der Waals surface area contributed by atoms with E-state index in [1.54, 1.807) is 17.6 Å². The van der Waals surface area contributed by atoms with Crippen LogP contribution in [0.15, 0.2) is 11.4 Å². The van der Waals surface area contributed by atoms with E-state index in [1.807, 2.05) is 11.3 Å². The first kappa shape index (κ1) is 16.9. The van der Waals surface area contributed by atoms with Crippen LogP contribution < -0.4 is 5.32 Å². The minimum atomic E-state index is 0.369. The summed E-state index contributed by atoms with van der Waals surface area (Å²) in [5.41, 5.74) is 4.06. The molecule has 2 aliphatic rings. The predicted molar refractivity (Wildman–Crippen MR) is 99.2 cm³/mol. The smallest absolute Gasteiger partial charge is 0.156 e. The second kappa shape index (κ2) is 7.81. The molecule has 0 unspecified atom stereocenters. The summed E-state index contributed by atoms with van der Waals surface area (Å²) in [6.07, 6.45) is 6.14. The molecule has 25 heavy (non-hydrogen) atoms. The highest BCUT2D eigenvalue weighted by atomic mass is 32.1. The fourth-order valence-corrected chi connectivity index (χ4v) is 4.82. The number of thiophene rings is 1. The molecule has 1 saturated heterocycles. The molecule has 1 atom stereocenters. The third-order valence-electron chi connectivity index (χ3n) is 5.02. The zero-order chi connectivity index (χ0) is 17.1. The van der Waals surface area contributed by atoms with E-state index in [9.17, 15) is 0 Å². The van der Waals surface area contributed by atoms with E-state index < -0.39 is 0 Å². The van der Waals surface area contributed by atoms with Gasteiger partial charge in [-0.15, -0.1) is 11.3 Å². The first-order valence-electron chi connectivity index (χ1n) is 9.10. The van der Waals surface area contributed by atoms with Gasteiger partial charge in [-0.05, 0) is 48.6 Å². The lowest BCUT2D eigenvalue weighted by Crippen LogP contribution is -2.11. The Morgan fingerprint density at radius 3 is 3.08 bits per heavy atom. The average molecular weight is 359 g/mol. The topological polar surface area (TPSA) is 56.3 Å². The molecule has 1 N–H and O–H groups in total. The highest BCUT2D eigenvalue weighted by Crippen LogP contribution is 2.31. The molecule has 1 fully saturated rings. The molecule has 1 aliphatic carbocycles. The maximum atomic E-state index is 5.52. The molecule has 0 spiro atoms. The minimum Gasteiger partial charge on any atom is -0.381 e. The predicted octanol–water partition coefficient (Wildman–Crippen LogP) is 3.68. The van der Waals surface area contributed by atoms with Crippen molar-refractivity contribution in [1.29, 1.82) is 0 Å². The van der Waals surface area contributed by atoms with E-state index in [-0.39, 0.29) is 0 Å². The summed E-state index contributed by atoms with van der Waals surface area (Å²) in [5.74, 6) is 1.99. The van der Waals surface area contributed by atoms with Gasteiger partial charge in [-0.25, -0.2) is 9.97 Å². The van der Waals surface area contributed by atoms with Crippen molar-refractivity contribution in [3.8, 4) is 0 Å². The number of nitrogens with zero attached hydrogens (tertiary/aromatic N) is 2. The Morgan fingerprint density at radius 1 is 1.32 bits per heavy atom. The van der Waals surface area contributed by atoms with Crippen LogP contribution in [0.5, 0.6) is 0 Å². The van der Waals surface area contributed by atoms with Crippen LogP contribution in [0.4, 0.5) is 5.82 Å². The van der Waals surface area contributed by atoms with E-state index in [1.165, 1.54) is 31.2 Å². The van der Waals surface area contributed by atoms with Crippen LogP contribution in [0.3, 0.4) is 0 Å². The number of nitrogens with one attached hydrogen (secondary N) is 1. The Hall–Kier alpha value is -1.50. The molecule has 0 aromatic carbocycles. The van der Waals surface area contributed by atoms with Gasteiger partial charge in [-0.2, -0.15) is 0 Å². The molecular formula is C19H25N3O2S. The summed E-state index contributed by atoms with van der Waals surface area (Å²) >= 11 is 1.91. The van der Waals surface area contributed by atoms with Gasteiger partial charge in [0, 0.05) is 37.1 Å². The molecule has 134 valence electrons. The van der Waals surface area contributed by atoms with Crippen LogP contribution in [0, 0.1) is 0 Å². The number of hydrogen-bond donors (Lipinski definition) is 1. The molecule has 3 heterocycles. The van der Waals surface area contributed by atoms with Crippen molar-refractivity contribution in [2.75, 3.05) is 25.6 Å². The van der Waals surface area contributed by atoms with E-state index in [4.69, 9.17) is 9.47 Å². The number of methoxy groups -OCH3 is 1. The summed E-state index contributed by atoms with van der Waals surface area (Å²) < 4.78 is 10.8. The van der Waals surface area contributed by atoms with Gasteiger partial charge in [0.05, 0.1) is 12.3 Å².